The van der Waals surface area contributed by atoms with Gasteiger partial charge in [0.15, 0.2) is 5.78 Å². The summed E-state index contributed by atoms with van der Waals surface area (Å²) in [6.45, 7) is 6.06. The Labute approximate surface area is 162 Å². The minimum absolute atomic E-state index is 0.0363. The van der Waals surface area contributed by atoms with Crippen LogP contribution >= 0.6 is 0 Å². The summed E-state index contributed by atoms with van der Waals surface area (Å²) < 4.78 is 5.02. The number of aliphatic hydroxyl groups is 1. The Morgan fingerprint density at radius 2 is 1.93 bits per heavy atom. The van der Waals surface area contributed by atoms with E-state index >= 15 is 0 Å². The molecule has 4 nitrogen and oxygen atoms in total. The quantitative estimate of drug-likeness (QED) is 0.598. The van der Waals surface area contributed by atoms with E-state index in [1.54, 1.807) is 0 Å². The molecule has 0 amide bonds. The SMILES string of the molecule is CC(=O)OCC(=O)[C@H]1CC[C@@H]2[C@H]3CC=C4C[C@H](O)CC[C@]4(C)[C@@H]3CC[C@]12C. The summed E-state index contributed by atoms with van der Waals surface area (Å²) in [7, 11) is 0. The van der Waals surface area contributed by atoms with Crippen LogP contribution in [0, 0.1) is 34.5 Å². The van der Waals surface area contributed by atoms with Crippen LogP contribution in [0.15, 0.2) is 11.6 Å². The Morgan fingerprint density at radius 1 is 1.15 bits per heavy atom. The van der Waals surface area contributed by atoms with Crippen molar-refractivity contribution in [2.75, 3.05) is 6.61 Å². The van der Waals surface area contributed by atoms with Gasteiger partial charge in [-0.15, -0.1) is 0 Å². The van der Waals surface area contributed by atoms with Crippen molar-refractivity contribution in [1.82, 2.24) is 0 Å². The highest BCUT2D eigenvalue weighted by Crippen LogP contribution is 2.66. The molecule has 0 aromatic heterocycles. The van der Waals surface area contributed by atoms with Gasteiger partial charge in [-0.05, 0) is 80.0 Å². The Hall–Kier alpha value is -1.16. The van der Waals surface area contributed by atoms with Crippen LogP contribution in [0.3, 0.4) is 0 Å². The smallest absolute Gasteiger partial charge is 0.303 e. The number of rotatable bonds is 3. The third-order valence-electron chi connectivity index (χ3n) is 8.88. The summed E-state index contributed by atoms with van der Waals surface area (Å²) in [5.74, 6) is 1.71. The van der Waals surface area contributed by atoms with E-state index < -0.39 is 0 Å². The van der Waals surface area contributed by atoms with E-state index in [0.29, 0.717) is 17.8 Å². The second-order valence-electron chi connectivity index (χ2n) is 10.1. The minimum Gasteiger partial charge on any atom is -0.458 e. The van der Waals surface area contributed by atoms with Gasteiger partial charge in [0.2, 0.25) is 0 Å². The zero-order chi connectivity index (χ0) is 19.4. The standard InChI is InChI=1S/C23H34O4/c1-14(24)27-13-21(26)20-7-6-18-17-5-4-15-12-16(25)8-10-22(15,2)19(17)9-11-23(18,20)3/h4,16-20,25H,5-13H2,1-3H3/t16-,17-,18-,19-,20-,22+,23+/m1/s1. The normalized spacial score (nSPS) is 45.9. The van der Waals surface area contributed by atoms with Crippen LogP contribution in [0.2, 0.25) is 0 Å². The summed E-state index contributed by atoms with van der Waals surface area (Å²) in [4.78, 5) is 23.9. The second kappa shape index (κ2) is 6.72. The molecule has 4 heteroatoms. The van der Waals surface area contributed by atoms with Crippen LogP contribution in [0.25, 0.3) is 0 Å². The molecule has 4 aliphatic rings. The van der Waals surface area contributed by atoms with Gasteiger partial charge in [0.25, 0.3) is 0 Å². The predicted octanol–water partition coefficient (Wildman–Crippen LogP) is 4.06. The third kappa shape index (κ3) is 2.99. The van der Waals surface area contributed by atoms with Crippen molar-refractivity contribution >= 4 is 11.8 Å². The van der Waals surface area contributed by atoms with E-state index in [0.717, 1.165) is 44.9 Å². The molecule has 4 aliphatic carbocycles. The van der Waals surface area contributed by atoms with E-state index in [1.165, 1.54) is 18.9 Å². The van der Waals surface area contributed by atoms with E-state index in [9.17, 15) is 14.7 Å². The van der Waals surface area contributed by atoms with Crippen molar-refractivity contribution < 1.29 is 19.4 Å². The molecule has 150 valence electrons. The molecule has 0 saturated heterocycles. The number of carbonyl (C=O) groups is 2. The number of allylic oxidation sites excluding steroid dienone is 1. The van der Waals surface area contributed by atoms with E-state index in [-0.39, 0.29) is 41.2 Å². The Balaban J connectivity index is 1.55. The number of hydrogen-bond acceptors (Lipinski definition) is 4. The maximum Gasteiger partial charge on any atom is 0.303 e. The zero-order valence-corrected chi connectivity index (χ0v) is 17.0. The molecule has 0 bridgehead atoms. The average Bonchev–Trinajstić information content (AvgIpc) is 2.97. The third-order valence-corrected chi connectivity index (χ3v) is 8.88. The van der Waals surface area contributed by atoms with Crippen molar-refractivity contribution in [3.05, 3.63) is 11.6 Å². The molecule has 0 spiro atoms. The number of fused-ring (bicyclic) bond motifs is 5. The molecular weight excluding hydrogens is 340 g/mol. The molecule has 1 N–H and O–H groups in total. The second-order valence-corrected chi connectivity index (χ2v) is 10.1. The first kappa shape index (κ1) is 19.2. The Bertz CT molecular complexity index is 667. The number of aliphatic hydroxyl groups excluding tert-OH is 1. The number of ether oxygens (including phenoxy) is 1. The molecule has 0 heterocycles. The summed E-state index contributed by atoms with van der Waals surface area (Å²) in [6, 6.07) is 0. The van der Waals surface area contributed by atoms with Gasteiger partial charge in [0, 0.05) is 12.8 Å². The Morgan fingerprint density at radius 3 is 2.67 bits per heavy atom. The molecule has 3 fully saturated rings. The van der Waals surface area contributed by atoms with Crippen molar-refractivity contribution in [2.24, 2.45) is 34.5 Å². The van der Waals surface area contributed by atoms with E-state index in [4.69, 9.17) is 4.74 Å². The lowest BCUT2D eigenvalue weighted by molar-refractivity contribution is -0.149. The minimum atomic E-state index is -0.371. The molecule has 7 atom stereocenters. The molecule has 0 aromatic carbocycles. The van der Waals surface area contributed by atoms with Crippen LogP contribution in [-0.2, 0) is 14.3 Å². The maximum absolute atomic E-state index is 12.8. The number of Topliss-reactive ketones (excluding diaryl/α,β-unsaturated/α-hetero) is 1. The Kier molecular flexibility index (Phi) is 4.77. The van der Waals surface area contributed by atoms with Gasteiger partial charge in [-0.25, -0.2) is 0 Å². The van der Waals surface area contributed by atoms with E-state index in [2.05, 4.69) is 19.9 Å². The first-order valence-corrected chi connectivity index (χ1v) is 10.8. The first-order valence-electron chi connectivity index (χ1n) is 10.8. The summed E-state index contributed by atoms with van der Waals surface area (Å²) >= 11 is 0. The lowest BCUT2D eigenvalue weighted by atomic mass is 9.47. The highest BCUT2D eigenvalue weighted by Gasteiger charge is 2.59. The highest BCUT2D eigenvalue weighted by molar-refractivity contribution is 5.85. The molecule has 0 aliphatic heterocycles. The van der Waals surface area contributed by atoms with Gasteiger partial charge in [0.1, 0.15) is 6.61 Å². The van der Waals surface area contributed by atoms with Crippen molar-refractivity contribution in [3.8, 4) is 0 Å². The summed E-state index contributed by atoms with van der Waals surface area (Å²) in [6.07, 6.45) is 10.6. The van der Waals surface area contributed by atoms with Crippen LogP contribution in [0.5, 0.6) is 0 Å². The predicted molar refractivity (Wildman–Crippen MR) is 103 cm³/mol. The van der Waals surface area contributed by atoms with Crippen molar-refractivity contribution in [1.29, 1.82) is 0 Å². The zero-order valence-electron chi connectivity index (χ0n) is 17.0. The highest BCUT2D eigenvalue weighted by atomic mass is 16.5. The molecule has 0 unspecified atom stereocenters. The maximum atomic E-state index is 12.8. The number of carbonyl (C=O) groups excluding carboxylic acids is 2. The topological polar surface area (TPSA) is 63.6 Å². The number of ketones is 1. The lowest BCUT2D eigenvalue weighted by Crippen LogP contribution is -2.51. The monoisotopic (exact) mass is 374 g/mol. The van der Waals surface area contributed by atoms with Crippen LogP contribution in [0.1, 0.15) is 72.1 Å². The van der Waals surface area contributed by atoms with Gasteiger partial charge in [-0.1, -0.05) is 25.5 Å². The van der Waals surface area contributed by atoms with Crippen LogP contribution < -0.4 is 0 Å². The molecule has 3 saturated carbocycles. The molecule has 4 rings (SSSR count). The summed E-state index contributed by atoms with van der Waals surface area (Å²) in [5.41, 5.74) is 1.78. The fourth-order valence-electron chi connectivity index (χ4n) is 7.44. The number of hydrogen-bond donors (Lipinski definition) is 1. The van der Waals surface area contributed by atoms with Gasteiger partial charge >= 0.3 is 5.97 Å². The van der Waals surface area contributed by atoms with Crippen molar-refractivity contribution in [2.45, 2.75) is 78.2 Å². The molecule has 0 aromatic rings. The summed E-state index contributed by atoms with van der Waals surface area (Å²) in [5, 5.41) is 10.1. The van der Waals surface area contributed by atoms with E-state index in [1.807, 2.05) is 0 Å². The van der Waals surface area contributed by atoms with Gasteiger partial charge in [-0.3, -0.25) is 9.59 Å². The van der Waals surface area contributed by atoms with Gasteiger partial charge in [-0.2, -0.15) is 0 Å². The lowest BCUT2D eigenvalue weighted by Gasteiger charge is -2.57. The van der Waals surface area contributed by atoms with Crippen LogP contribution in [-0.4, -0.2) is 29.6 Å². The van der Waals surface area contributed by atoms with Gasteiger partial charge < -0.3 is 9.84 Å². The molecule has 27 heavy (non-hydrogen) atoms. The van der Waals surface area contributed by atoms with Crippen LogP contribution in [0.4, 0.5) is 0 Å². The average molecular weight is 375 g/mol. The molecule has 0 radical (unpaired) electrons. The largest absolute Gasteiger partial charge is 0.458 e. The van der Waals surface area contributed by atoms with Crippen molar-refractivity contribution in [3.63, 3.8) is 0 Å². The fourth-order valence-corrected chi connectivity index (χ4v) is 7.44. The first-order chi connectivity index (χ1) is 12.8. The van der Waals surface area contributed by atoms with Gasteiger partial charge in [0.05, 0.1) is 6.10 Å². The number of esters is 1. The fraction of sp³-hybridized carbons (Fsp3) is 0.826. The molecular formula is C23H34O4.